The SMILES string of the molecule is Cc1nc(C=Cc2ccccc2)cc(N[C@@H]2CCCc3ccccc32)n1. The van der Waals surface area contributed by atoms with Crippen molar-refractivity contribution in [2.24, 2.45) is 0 Å². The zero-order valence-electron chi connectivity index (χ0n) is 15.0. The van der Waals surface area contributed by atoms with Crippen molar-refractivity contribution >= 4 is 18.0 Å². The van der Waals surface area contributed by atoms with Crippen molar-refractivity contribution in [1.29, 1.82) is 0 Å². The maximum atomic E-state index is 4.60. The topological polar surface area (TPSA) is 37.8 Å². The molecule has 0 bridgehead atoms. The highest BCUT2D eigenvalue weighted by molar-refractivity contribution is 5.69. The van der Waals surface area contributed by atoms with Crippen molar-refractivity contribution in [3.8, 4) is 0 Å². The van der Waals surface area contributed by atoms with Crippen LogP contribution in [0.4, 0.5) is 5.82 Å². The van der Waals surface area contributed by atoms with Crippen LogP contribution in [0.1, 0.15) is 47.1 Å². The lowest BCUT2D eigenvalue weighted by Crippen LogP contribution is -2.18. The molecular weight excluding hydrogens is 318 g/mol. The Hall–Kier alpha value is -2.94. The summed E-state index contributed by atoms with van der Waals surface area (Å²) >= 11 is 0. The molecule has 0 saturated heterocycles. The smallest absolute Gasteiger partial charge is 0.130 e. The van der Waals surface area contributed by atoms with E-state index in [4.69, 9.17) is 0 Å². The van der Waals surface area contributed by atoms with Gasteiger partial charge < -0.3 is 5.32 Å². The van der Waals surface area contributed by atoms with Crippen molar-refractivity contribution in [2.45, 2.75) is 32.2 Å². The molecule has 3 heteroatoms. The summed E-state index contributed by atoms with van der Waals surface area (Å²) < 4.78 is 0. The van der Waals surface area contributed by atoms with E-state index in [9.17, 15) is 0 Å². The van der Waals surface area contributed by atoms with Crippen molar-refractivity contribution in [1.82, 2.24) is 9.97 Å². The fraction of sp³-hybridized carbons (Fsp3) is 0.217. The number of anilines is 1. The Morgan fingerprint density at radius 2 is 1.77 bits per heavy atom. The Bertz CT molecular complexity index is 916. The van der Waals surface area contributed by atoms with E-state index >= 15 is 0 Å². The summed E-state index contributed by atoms with van der Waals surface area (Å²) in [7, 11) is 0. The van der Waals surface area contributed by atoms with E-state index in [1.54, 1.807) is 0 Å². The fourth-order valence-corrected chi connectivity index (χ4v) is 3.58. The van der Waals surface area contributed by atoms with E-state index in [0.29, 0.717) is 6.04 Å². The van der Waals surface area contributed by atoms with Gasteiger partial charge in [0.15, 0.2) is 0 Å². The molecule has 0 amide bonds. The molecular formula is C23H23N3. The maximum absolute atomic E-state index is 4.60. The van der Waals surface area contributed by atoms with Crippen LogP contribution >= 0.6 is 0 Å². The predicted octanol–water partition coefficient (Wildman–Crippen LogP) is 5.44. The quantitative estimate of drug-likeness (QED) is 0.686. The van der Waals surface area contributed by atoms with Crippen LogP contribution in [0.5, 0.6) is 0 Å². The van der Waals surface area contributed by atoms with E-state index in [1.165, 1.54) is 29.5 Å². The second-order valence-corrected chi connectivity index (χ2v) is 6.76. The van der Waals surface area contributed by atoms with Gasteiger partial charge in [-0.2, -0.15) is 0 Å². The number of aryl methyl sites for hydroxylation is 2. The highest BCUT2D eigenvalue weighted by Gasteiger charge is 2.20. The third-order valence-electron chi connectivity index (χ3n) is 4.80. The molecule has 0 unspecified atom stereocenters. The molecule has 1 N–H and O–H groups in total. The Morgan fingerprint density at radius 1 is 0.962 bits per heavy atom. The van der Waals surface area contributed by atoms with Crippen molar-refractivity contribution in [3.05, 3.63) is 88.9 Å². The largest absolute Gasteiger partial charge is 0.363 e. The average molecular weight is 341 g/mol. The first-order valence-electron chi connectivity index (χ1n) is 9.21. The van der Waals surface area contributed by atoms with Crippen molar-refractivity contribution in [2.75, 3.05) is 5.32 Å². The van der Waals surface area contributed by atoms with Gasteiger partial charge in [0.2, 0.25) is 0 Å². The van der Waals surface area contributed by atoms with Gasteiger partial charge >= 0.3 is 0 Å². The molecule has 2 aromatic carbocycles. The van der Waals surface area contributed by atoms with Crippen LogP contribution in [0, 0.1) is 6.92 Å². The number of nitrogens with zero attached hydrogens (tertiary/aromatic N) is 2. The average Bonchev–Trinajstić information content (AvgIpc) is 2.67. The molecule has 0 fully saturated rings. The van der Waals surface area contributed by atoms with Gasteiger partial charge in [0.05, 0.1) is 11.7 Å². The van der Waals surface area contributed by atoms with Crippen LogP contribution in [0.25, 0.3) is 12.2 Å². The maximum Gasteiger partial charge on any atom is 0.130 e. The van der Waals surface area contributed by atoms with Gasteiger partial charge in [-0.05, 0) is 49.0 Å². The number of fused-ring (bicyclic) bond motifs is 1. The molecule has 0 saturated carbocycles. The third kappa shape index (κ3) is 3.83. The van der Waals surface area contributed by atoms with Gasteiger partial charge in [-0.15, -0.1) is 0 Å². The Labute approximate surface area is 154 Å². The van der Waals surface area contributed by atoms with Crippen molar-refractivity contribution < 1.29 is 0 Å². The number of hydrogen-bond acceptors (Lipinski definition) is 3. The zero-order chi connectivity index (χ0) is 17.8. The van der Waals surface area contributed by atoms with Gasteiger partial charge in [-0.25, -0.2) is 9.97 Å². The zero-order valence-corrected chi connectivity index (χ0v) is 15.0. The van der Waals surface area contributed by atoms with Crippen LogP contribution in [0.3, 0.4) is 0 Å². The summed E-state index contributed by atoms with van der Waals surface area (Å²) in [6, 6.07) is 21.3. The lowest BCUT2D eigenvalue weighted by Gasteiger charge is -2.26. The molecule has 1 aromatic heterocycles. The highest BCUT2D eigenvalue weighted by atomic mass is 15.0. The summed E-state index contributed by atoms with van der Waals surface area (Å²) in [5.74, 6) is 1.68. The molecule has 0 spiro atoms. The second kappa shape index (κ2) is 7.52. The first-order valence-corrected chi connectivity index (χ1v) is 9.21. The minimum atomic E-state index is 0.320. The summed E-state index contributed by atoms with van der Waals surface area (Å²) in [6.07, 6.45) is 7.64. The summed E-state index contributed by atoms with van der Waals surface area (Å²) in [5, 5.41) is 3.63. The molecule has 1 aliphatic rings. The number of rotatable bonds is 4. The normalized spacial score (nSPS) is 16.4. The molecule has 3 nitrogen and oxygen atoms in total. The minimum absolute atomic E-state index is 0.320. The molecule has 0 radical (unpaired) electrons. The van der Waals surface area contributed by atoms with Gasteiger partial charge in [-0.1, -0.05) is 60.7 Å². The standard InChI is InChI=1S/C23H23N3/c1-17-24-20(15-14-18-8-3-2-4-9-18)16-23(25-17)26-22-13-7-11-19-10-5-6-12-21(19)22/h2-6,8-10,12,14-16,22H,7,11,13H2,1H3,(H,24,25,26)/t22-/m1/s1. The molecule has 26 heavy (non-hydrogen) atoms. The third-order valence-corrected chi connectivity index (χ3v) is 4.80. The number of hydrogen-bond donors (Lipinski definition) is 1. The monoisotopic (exact) mass is 341 g/mol. The molecule has 1 atom stereocenters. The van der Waals surface area contributed by atoms with E-state index in [1.807, 2.05) is 37.3 Å². The Morgan fingerprint density at radius 3 is 2.65 bits per heavy atom. The predicted molar refractivity (Wildman–Crippen MR) is 108 cm³/mol. The highest BCUT2D eigenvalue weighted by Crippen LogP contribution is 2.32. The van der Waals surface area contributed by atoms with Crippen molar-refractivity contribution in [3.63, 3.8) is 0 Å². The lowest BCUT2D eigenvalue weighted by molar-refractivity contribution is 0.598. The number of nitrogens with one attached hydrogen (secondary N) is 1. The summed E-state index contributed by atoms with van der Waals surface area (Å²) in [5.41, 5.74) is 4.94. The molecule has 3 aromatic rings. The van der Waals surface area contributed by atoms with E-state index < -0.39 is 0 Å². The van der Waals surface area contributed by atoms with Gasteiger partial charge in [-0.3, -0.25) is 0 Å². The Balaban J connectivity index is 1.57. The van der Waals surface area contributed by atoms with Crippen LogP contribution in [-0.2, 0) is 6.42 Å². The summed E-state index contributed by atoms with van der Waals surface area (Å²) in [6.45, 7) is 1.94. The van der Waals surface area contributed by atoms with Gasteiger partial charge in [0.25, 0.3) is 0 Å². The first kappa shape index (κ1) is 16.5. The van der Waals surface area contributed by atoms with E-state index in [0.717, 1.165) is 23.8 Å². The van der Waals surface area contributed by atoms with Gasteiger partial charge in [0, 0.05) is 6.07 Å². The molecule has 4 rings (SSSR count). The molecule has 130 valence electrons. The first-order chi connectivity index (χ1) is 12.8. The number of benzene rings is 2. The fourth-order valence-electron chi connectivity index (χ4n) is 3.58. The number of aromatic nitrogens is 2. The Kier molecular flexibility index (Phi) is 4.78. The molecule has 1 aliphatic carbocycles. The van der Waals surface area contributed by atoms with E-state index in [2.05, 4.69) is 57.8 Å². The van der Waals surface area contributed by atoms with Gasteiger partial charge in [0.1, 0.15) is 11.6 Å². The van der Waals surface area contributed by atoms with Crippen LogP contribution in [0.15, 0.2) is 60.7 Å². The lowest BCUT2D eigenvalue weighted by atomic mass is 9.88. The van der Waals surface area contributed by atoms with E-state index in [-0.39, 0.29) is 0 Å². The molecule has 0 aliphatic heterocycles. The molecule has 1 heterocycles. The van der Waals surface area contributed by atoms with Crippen LogP contribution in [0.2, 0.25) is 0 Å². The second-order valence-electron chi connectivity index (χ2n) is 6.76. The van der Waals surface area contributed by atoms with Crippen LogP contribution < -0.4 is 5.32 Å². The summed E-state index contributed by atoms with van der Waals surface area (Å²) in [4.78, 5) is 9.15. The van der Waals surface area contributed by atoms with Crippen LogP contribution in [-0.4, -0.2) is 9.97 Å². The minimum Gasteiger partial charge on any atom is -0.363 e.